The Morgan fingerprint density at radius 3 is 1.56 bits per heavy atom. The van der Waals surface area contributed by atoms with E-state index in [9.17, 15) is 0 Å². The monoisotopic (exact) mass is 257 g/mol. The highest BCUT2D eigenvalue weighted by molar-refractivity contribution is 4.66. The van der Waals surface area contributed by atoms with Gasteiger partial charge in [-0.3, -0.25) is 0 Å². The van der Waals surface area contributed by atoms with Crippen LogP contribution in [0.15, 0.2) is 0 Å². The molecule has 0 aromatic carbocycles. The molecular weight excluding hydrogens is 222 g/mol. The second-order valence-electron chi connectivity index (χ2n) is 5.63. The van der Waals surface area contributed by atoms with Gasteiger partial charge in [0.2, 0.25) is 0 Å². The minimum atomic E-state index is -0.247. The van der Waals surface area contributed by atoms with Crippen LogP contribution in [0, 0.1) is 0 Å². The van der Waals surface area contributed by atoms with Crippen molar-refractivity contribution >= 4 is 0 Å². The van der Waals surface area contributed by atoms with E-state index < -0.39 is 0 Å². The lowest BCUT2D eigenvalue weighted by Gasteiger charge is -2.13. The fourth-order valence-corrected chi connectivity index (χ4v) is 2.36. The highest BCUT2D eigenvalue weighted by Gasteiger charge is 2.05. The van der Waals surface area contributed by atoms with Crippen molar-refractivity contribution in [2.24, 2.45) is 17.2 Å². The Bertz CT molecular complexity index is 160. The maximum atomic E-state index is 5.92. The molecule has 0 saturated carbocycles. The van der Waals surface area contributed by atoms with Crippen LogP contribution < -0.4 is 17.2 Å². The summed E-state index contributed by atoms with van der Waals surface area (Å²) >= 11 is 0. The summed E-state index contributed by atoms with van der Waals surface area (Å²) < 4.78 is 0. The molecular formula is C15H35N3. The van der Waals surface area contributed by atoms with Crippen molar-refractivity contribution in [1.29, 1.82) is 0 Å². The van der Waals surface area contributed by atoms with Crippen LogP contribution in [0.25, 0.3) is 0 Å². The molecule has 0 amide bonds. The Balaban J connectivity index is 3.07. The summed E-state index contributed by atoms with van der Waals surface area (Å²) in [5.41, 5.74) is 16.9. The molecule has 3 heteroatoms. The number of hydrogen-bond acceptors (Lipinski definition) is 3. The van der Waals surface area contributed by atoms with Crippen molar-refractivity contribution in [2.75, 3.05) is 0 Å². The Labute approximate surface area is 114 Å². The van der Waals surface area contributed by atoms with Crippen LogP contribution in [0.1, 0.15) is 84.0 Å². The molecule has 0 bridgehead atoms. The molecule has 0 aromatic rings. The van der Waals surface area contributed by atoms with Crippen LogP contribution in [0.3, 0.4) is 0 Å². The normalized spacial score (nSPS) is 13.2. The number of nitrogens with two attached hydrogens (primary N) is 3. The van der Waals surface area contributed by atoms with Gasteiger partial charge < -0.3 is 17.2 Å². The van der Waals surface area contributed by atoms with Crippen molar-refractivity contribution in [3.8, 4) is 0 Å². The van der Waals surface area contributed by atoms with Crippen LogP contribution in [0.4, 0.5) is 0 Å². The second-order valence-corrected chi connectivity index (χ2v) is 5.63. The number of unbranched alkanes of at least 4 members (excludes halogenated alkanes) is 9. The van der Waals surface area contributed by atoms with Gasteiger partial charge in [-0.2, -0.15) is 0 Å². The molecule has 0 spiro atoms. The summed E-state index contributed by atoms with van der Waals surface area (Å²) in [6.45, 7) is 2.27. The molecule has 110 valence electrons. The number of hydrogen-bond donors (Lipinski definition) is 3. The van der Waals surface area contributed by atoms with Gasteiger partial charge in [-0.25, -0.2) is 0 Å². The van der Waals surface area contributed by atoms with E-state index in [0.29, 0.717) is 0 Å². The predicted octanol–water partition coefficient (Wildman–Crippen LogP) is 3.26. The molecule has 1 unspecified atom stereocenters. The van der Waals surface area contributed by atoms with Gasteiger partial charge >= 0.3 is 0 Å². The summed E-state index contributed by atoms with van der Waals surface area (Å²) in [5.74, 6) is 0. The zero-order valence-electron chi connectivity index (χ0n) is 12.4. The van der Waals surface area contributed by atoms with Crippen molar-refractivity contribution in [1.82, 2.24) is 0 Å². The van der Waals surface area contributed by atoms with E-state index in [1.807, 2.05) is 0 Å². The minimum Gasteiger partial charge on any atom is -0.328 e. The van der Waals surface area contributed by atoms with Crippen LogP contribution in [0.5, 0.6) is 0 Å². The summed E-state index contributed by atoms with van der Waals surface area (Å²) in [6.07, 6.45) is 15.3. The quantitative estimate of drug-likeness (QED) is 0.350. The first-order valence-corrected chi connectivity index (χ1v) is 7.93. The molecule has 0 heterocycles. The van der Waals surface area contributed by atoms with Gasteiger partial charge in [-0.1, -0.05) is 71.1 Å². The van der Waals surface area contributed by atoms with Crippen molar-refractivity contribution in [2.45, 2.75) is 96.2 Å². The lowest BCUT2D eigenvalue weighted by atomic mass is 10.0. The summed E-state index contributed by atoms with van der Waals surface area (Å²) in [7, 11) is 0. The molecule has 6 N–H and O–H groups in total. The Hall–Kier alpha value is -0.120. The molecule has 0 radical (unpaired) electrons. The van der Waals surface area contributed by atoms with Gasteiger partial charge in [0.1, 0.15) is 0 Å². The van der Waals surface area contributed by atoms with Crippen LogP contribution in [-0.4, -0.2) is 12.2 Å². The van der Waals surface area contributed by atoms with Gasteiger partial charge in [0, 0.05) is 6.04 Å². The third-order valence-corrected chi connectivity index (χ3v) is 3.50. The first-order valence-electron chi connectivity index (χ1n) is 7.93. The maximum Gasteiger partial charge on any atom is 0.0535 e. The molecule has 0 aliphatic rings. The summed E-state index contributed by atoms with van der Waals surface area (Å²) in [6, 6.07) is 0.194. The minimum absolute atomic E-state index is 0.194. The zero-order valence-corrected chi connectivity index (χ0v) is 12.4. The molecule has 3 nitrogen and oxygen atoms in total. The molecule has 1 atom stereocenters. The van der Waals surface area contributed by atoms with Crippen molar-refractivity contribution in [3.63, 3.8) is 0 Å². The first-order chi connectivity index (χ1) is 8.66. The molecule has 0 fully saturated rings. The average molecular weight is 257 g/mol. The maximum absolute atomic E-state index is 5.92. The third kappa shape index (κ3) is 13.9. The van der Waals surface area contributed by atoms with E-state index in [0.717, 1.165) is 12.8 Å². The largest absolute Gasteiger partial charge is 0.328 e. The smallest absolute Gasteiger partial charge is 0.0535 e. The highest BCUT2D eigenvalue weighted by Crippen LogP contribution is 2.12. The van der Waals surface area contributed by atoms with Crippen LogP contribution in [-0.2, 0) is 0 Å². The van der Waals surface area contributed by atoms with Gasteiger partial charge in [0.05, 0.1) is 6.17 Å². The van der Waals surface area contributed by atoms with E-state index in [4.69, 9.17) is 17.2 Å². The lowest BCUT2D eigenvalue weighted by molar-refractivity contribution is 0.473. The van der Waals surface area contributed by atoms with Crippen LogP contribution >= 0.6 is 0 Å². The van der Waals surface area contributed by atoms with Gasteiger partial charge in [-0.05, 0) is 12.8 Å². The fourth-order valence-electron chi connectivity index (χ4n) is 2.36. The molecule has 0 aliphatic carbocycles. The standard InChI is InChI=1S/C15H35N3/c1-2-3-4-5-6-7-8-9-10-11-12-14(16)13-15(17)18/h14-15H,2-13,16-18H2,1H3. The highest BCUT2D eigenvalue weighted by atomic mass is 14.9. The van der Waals surface area contributed by atoms with Crippen molar-refractivity contribution in [3.05, 3.63) is 0 Å². The molecule has 0 aliphatic heterocycles. The van der Waals surface area contributed by atoms with Gasteiger partial charge in [-0.15, -0.1) is 0 Å². The SMILES string of the molecule is CCCCCCCCCCCCC(N)CC(N)N. The molecule has 0 saturated heterocycles. The van der Waals surface area contributed by atoms with E-state index in [2.05, 4.69) is 6.92 Å². The third-order valence-electron chi connectivity index (χ3n) is 3.50. The zero-order chi connectivity index (χ0) is 13.6. The first kappa shape index (κ1) is 17.9. The molecule has 18 heavy (non-hydrogen) atoms. The fraction of sp³-hybridized carbons (Fsp3) is 1.00. The summed E-state index contributed by atoms with van der Waals surface area (Å²) in [4.78, 5) is 0. The van der Waals surface area contributed by atoms with E-state index in [-0.39, 0.29) is 12.2 Å². The van der Waals surface area contributed by atoms with E-state index in [1.54, 1.807) is 0 Å². The lowest BCUT2D eigenvalue weighted by Crippen LogP contribution is -2.37. The van der Waals surface area contributed by atoms with E-state index in [1.165, 1.54) is 64.2 Å². The van der Waals surface area contributed by atoms with Crippen LogP contribution in [0.2, 0.25) is 0 Å². The van der Waals surface area contributed by atoms with Gasteiger partial charge in [0.25, 0.3) is 0 Å². The molecule has 0 aromatic heterocycles. The average Bonchev–Trinajstić information content (AvgIpc) is 2.30. The Morgan fingerprint density at radius 1 is 0.667 bits per heavy atom. The second kappa shape index (κ2) is 13.3. The predicted molar refractivity (Wildman–Crippen MR) is 81.2 cm³/mol. The number of rotatable bonds is 13. The van der Waals surface area contributed by atoms with Crippen molar-refractivity contribution < 1.29 is 0 Å². The Morgan fingerprint density at radius 2 is 1.11 bits per heavy atom. The Kier molecular flexibility index (Phi) is 13.2. The topological polar surface area (TPSA) is 78.1 Å². The summed E-state index contributed by atoms with van der Waals surface area (Å²) in [5, 5.41) is 0. The van der Waals surface area contributed by atoms with E-state index >= 15 is 0 Å². The van der Waals surface area contributed by atoms with Gasteiger partial charge in [0.15, 0.2) is 0 Å². The molecule has 0 rings (SSSR count).